The zero-order chi connectivity index (χ0) is 20.2. The Kier molecular flexibility index (Phi) is 6.49. The summed E-state index contributed by atoms with van der Waals surface area (Å²) in [4.78, 5) is 12.0. The molecular formula is C20H26N2O4S. The van der Waals surface area contributed by atoms with Gasteiger partial charge in [0, 0.05) is 6.04 Å². The summed E-state index contributed by atoms with van der Waals surface area (Å²) in [5, 5.41) is 2.77. The molecule has 2 N–H and O–H groups in total. The summed E-state index contributed by atoms with van der Waals surface area (Å²) in [6.07, 6.45) is -0.678. The Bertz CT molecular complexity index is 886. The Morgan fingerprint density at radius 1 is 0.963 bits per heavy atom. The standard InChI is InChI=1S/C20H26N2O4S/c1-13(2)21-20(23)16(5)26-17-9-11-18(12-10-17)27(24,25)22-19-14(3)7-6-8-15(19)4/h6-13,16,22H,1-5H3,(H,21,23)/t16-/m1/s1. The molecule has 0 saturated carbocycles. The van der Waals surface area contributed by atoms with E-state index in [1.807, 2.05) is 45.9 Å². The van der Waals surface area contributed by atoms with E-state index in [4.69, 9.17) is 4.74 Å². The topological polar surface area (TPSA) is 84.5 Å². The van der Waals surface area contributed by atoms with E-state index in [0.717, 1.165) is 11.1 Å². The van der Waals surface area contributed by atoms with Crippen molar-refractivity contribution < 1.29 is 17.9 Å². The number of rotatable bonds is 7. The van der Waals surface area contributed by atoms with Crippen LogP contribution in [-0.4, -0.2) is 26.5 Å². The fourth-order valence-corrected chi connectivity index (χ4v) is 3.73. The number of nitrogens with one attached hydrogen (secondary N) is 2. The summed E-state index contributed by atoms with van der Waals surface area (Å²) in [5.41, 5.74) is 2.28. The van der Waals surface area contributed by atoms with Crippen LogP contribution in [-0.2, 0) is 14.8 Å². The third kappa shape index (κ3) is 5.47. The van der Waals surface area contributed by atoms with Crippen LogP contribution in [0.2, 0.25) is 0 Å². The number of carbonyl (C=O) groups excluding carboxylic acids is 1. The van der Waals surface area contributed by atoms with Crippen molar-refractivity contribution in [1.29, 1.82) is 0 Å². The molecule has 0 aromatic heterocycles. The maximum absolute atomic E-state index is 12.7. The Morgan fingerprint density at radius 2 is 1.52 bits per heavy atom. The molecule has 0 aliphatic heterocycles. The summed E-state index contributed by atoms with van der Waals surface area (Å²) in [5.74, 6) is 0.200. The first kappa shape index (κ1) is 20.8. The zero-order valence-corrected chi connectivity index (χ0v) is 17.1. The van der Waals surface area contributed by atoms with Gasteiger partial charge in [0.2, 0.25) is 0 Å². The van der Waals surface area contributed by atoms with Gasteiger partial charge in [0.05, 0.1) is 10.6 Å². The van der Waals surface area contributed by atoms with E-state index in [2.05, 4.69) is 10.0 Å². The lowest BCUT2D eigenvalue weighted by Crippen LogP contribution is -2.40. The molecule has 0 unspecified atom stereocenters. The molecule has 2 rings (SSSR count). The Labute approximate surface area is 161 Å². The van der Waals surface area contributed by atoms with E-state index in [1.165, 1.54) is 12.1 Å². The summed E-state index contributed by atoms with van der Waals surface area (Å²) >= 11 is 0. The molecular weight excluding hydrogens is 364 g/mol. The lowest BCUT2D eigenvalue weighted by atomic mass is 10.1. The predicted molar refractivity (Wildman–Crippen MR) is 107 cm³/mol. The van der Waals surface area contributed by atoms with Crippen LogP contribution in [0.5, 0.6) is 5.75 Å². The molecule has 2 aromatic rings. The highest BCUT2D eigenvalue weighted by molar-refractivity contribution is 7.92. The van der Waals surface area contributed by atoms with Crippen molar-refractivity contribution in [3.8, 4) is 5.75 Å². The SMILES string of the molecule is Cc1cccc(C)c1NS(=O)(=O)c1ccc(O[C@H](C)C(=O)NC(C)C)cc1. The maximum atomic E-state index is 12.7. The minimum Gasteiger partial charge on any atom is -0.481 e. The van der Waals surface area contributed by atoms with Gasteiger partial charge >= 0.3 is 0 Å². The van der Waals surface area contributed by atoms with Crippen molar-refractivity contribution >= 4 is 21.6 Å². The molecule has 1 atom stereocenters. The van der Waals surface area contributed by atoms with Crippen molar-refractivity contribution in [3.05, 3.63) is 53.6 Å². The molecule has 0 bridgehead atoms. The number of anilines is 1. The zero-order valence-electron chi connectivity index (χ0n) is 16.2. The summed E-state index contributed by atoms with van der Waals surface area (Å²) < 4.78 is 33.5. The number of carbonyl (C=O) groups is 1. The molecule has 27 heavy (non-hydrogen) atoms. The molecule has 2 aromatic carbocycles. The van der Waals surface area contributed by atoms with Gasteiger partial charge in [-0.1, -0.05) is 18.2 Å². The number of para-hydroxylation sites is 1. The number of amides is 1. The first-order chi connectivity index (χ1) is 12.6. The normalized spacial score (nSPS) is 12.5. The second kappa shape index (κ2) is 8.43. The fraction of sp³-hybridized carbons (Fsp3) is 0.350. The largest absolute Gasteiger partial charge is 0.481 e. The molecule has 0 radical (unpaired) electrons. The van der Waals surface area contributed by atoms with E-state index in [1.54, 1.807) is 19.1 Å². The van der Waals surface area contributed by atoms with Gasteiger partial charge in [0.25, 0.3) is 15.9 Å². The third-order valence-electron chi connectivity index (χ3n) is 3.96. The molecule has 0 heterocycles. The first-order valence-electron chi connectivity index (χ1n) is 8.76. The molecule has 1 amide bonds. The highest BCUT2D eigenvalue weighted by Crippen LogP contribution is 2.24. The van der Waals surface area contributed by atoms with Crippen LogP contribution in [0.1, 0.15) is 31.9 Å². The van der Waals surface area contributed by atoms with Crippen LogP contribution >= 0.6 is 0 Å². The average Bonchev–Trinajstić information content (AvgIpc) is 2.58. The monoisotopic (exact) mass is 390 g/mol. The van der Waals surface area contributed by atoms with Gasteiger partial charge in [-0.2, -0.15) is 0 Å². The molecule has 0 spiro atoms. The van der Waals surface area contributed by atoms with Crippen LogP contribution in [0, 0.1) is 13.8 Å². The summed E-state index contributed by atoms with van der Waals surface area (Å²) in [6, 6.07) is 11.6. The predicted octanol–water partition coefficient (Wildman–Crippen LogP) is 3.40. The average molecular weight is 391 g/mol. The quantitative estimate of drug-likeness (QED) is 0.759. The van der Waals surface area contributed by atoms with Crippen molar-refractivity contribution in [2.45, 2.75) is 51.7 Å². The molecule has 0 saturated heterocycles. The first-order valence-corrected chi connectivity index (χ1v) is 10.2. The van der Waals surface area contributed by atoms with Gasteiger partial charge in [-0.15, -0.1) is 0 Å². The molecule has 6 nitrogen and oxygen atoms in total. The van der Waals surface area contributed by atoms with Gasteiger partial charge in [-0.25, -0.2) is 8.42 Å². The minimum absolute atomic E-state index is 0.0204. The number of aryl methyl sites for hydroxylation is 2. The van der Waals surface area contributed by atoms with Crippen LogP contribution < -0.4 is 14.8 Å². The Balaban J connectivity index is 2.13. The van der Waals surface area contributed by atoms with E-state index >= 15 is 0 Å². The van der Waals surface area contributed by atoms with Gasteiger partial charge in [0.15, 0.2) is 6.10 Å². The van der Waals surface area contributed by atoms with E-state index in [-0.39, 0.29) is 16.8 Å². The number of sulfonamides is 1. The third-order valence-corrected chi connectivity index (χ3v) is 5.33. The van der Waals surface area contributed by atoms with Crippen LogP contribution in [0.25, 0.3) is 0 Å². The lowest BCUT2D eigenvalue weighted by molar-refractivity contribution is -0.127. The van der Waals surface area contributed by atoms with E-state index in [0.29, 0.717) is 11.4 Å². The fourth-order valence-electron chi connectivity index (χ4n) is 2.53. The molecule has 0 aliphatic rings. The number of ether oxygens (including phenoxy) is 1. The molecule has 7 heteroatoms. The second-order valence-electron chi connectivity index (χ2n) is 6.77. The van der Waals surface area contributed by atoms with Crippen molar-refractivity contribution in [1.82, 2.24) is 5.32 Å². The molecule has 0 aliphatic carbocycles. The highest BCUT2D eigenvalue weighted by atomic mass is 32.2. The van der Waals surface area contributed by atoms with Crippen LogP contribution in [0.3, 0.4) is 0 Å². The lowest BCUT2D eigenvalue weighted by Gasteiger charge is -2.17. The Morgan fingerprint density at radius 3 is 2.04 bits per heavy atom. The number of hydrogen-bond donors (Lipinski definition) is 2. The number of hydrogen-bond acceptors (Lipinski definition) is 4. The second-order valence-corrected chi connectivity index (χ2v) is 8.45. The van der Waals surface area contributed by atoms with Gasteiger partial charge in [-0.3, -0.25) is 9.52 Å². The number of benzene rings is 2. The van der Waals surface area contributed by atoms with Crippen LogP contribution in [0.15, 0.2) is 47.4 Å². The van der Waals surface area contributed by atoms with Gasteiger partial charge in [-0.05, 0) is 70.0 Å². The van der Waals surface area contributed by atoms with E-state index < -0.39 is 16.1 Å². The van der Waals surface area contributed by atoms with Crippen molar-refractivity contribution in [2.75, 3.05) is 4.72 Å². The summed E-state index contributed by atoms with van der Waals surface area (Å²) in [7, 11) is -3.72. The van der Waals surface area contributed by atoms with E-state index in [9.17, 15) is 13.2 Å². The van der Waals surface area contributed by atoms with Gasteiger partial charge < -0.3 is 10.1 Å². The van der Waals surface area contributed by atoms with Gasteiger partial charge in [0.1, 0.15) is 5.75 Å². The maximum Gasteiger partial charge on any atom is 0.261 e. The van der Waals surface area contributed by atoms with Crippen molar-refractivity contribution in [2.24, 2.45) is 0 Å². The summed E-state index contributed by atoms with van der Waals surface area (Å²) in [6.45, 7) is 9.09. The minimum atomic E-state index is -3.72. The smallest absolute Gasteiger partial charge is 0.261 e. The molecule has 0 fully saturated rings. The van der Waals surface area contributed by atoms with Crippen LogP contribution in [0.4, 0.5) is 5.69 Å². The Hall–Kier alpha value is -2.54. The molecule has 146 valence electrons. The highest BCUT2D eigenvalue weighted by Gasteiger charge is 2.18. The van der Waals surface area contributed by atoms with Crippen molar-refractivity contribution in [3.63, 3.8) is 0 Å².